The third-order valence-electron chi connectivity index (χ3n) is 2.85. The zero-order chi connectivity index (χ0) is 15.2. The summed E-state index contributed by atoms with van der Waals surface area (Å²) >= 11 is 1.49. The largest absolute Gasteiger partial charge is 0.383 e. The van der Waals surface area contributed by atoms with Gasteiger partial charge in [-0.05, 0) is 18.1 Å². The highest BCUT2D eigenvalue weighted by atomic mass is 32.2. The molecule has 0 unspecified atom stereocenters. The number of nitrogens with one attached hydrogen (secondary N) is 1. The van der Waals surface area contributed by atoms with E-state index in [1.165, 1.54) is 11.8 Å². The number of nitrogens with zero attached hydrogens (tertiary/aromatic N) is 2. The molecule has 5 nitrogen and oxygen atoms in total. The average Bonchev–Trinajstić information content (AvgIpc) is 2.45. The number of hydrogen-bond acceptors (Lipinski definition) is 5. The van der Waals surface area contributed by atoms with Crippen LogP contribution in [0.15, 0.2) is 24.3 Å². The molecule has 0 fully saturated rings. The van der Waals surface area contributed by atoms with E-state index in [1.807, 2.05) is 24.3 Å². The van der Waals surface area contributed by atoms with E-state index in [9.17, 15) is 4.79 Å². The molecule has 0 aliphatic carbocycles. The smallest absolute Gasteiger partial charge is 0.230 e. The Kier molecular flexibility index (Phi) is 5.38. The van der Waals surface area contributed by atoms with Crippen molar-refractivity contribution in [2.45, 2.75) is 19.6 Å². The minimum atomic E-state index is 0.0439. The highest BCUT2D eigenvalue weighted by molar-refractivity contribution is 7.99. The zero-order valence-electron chi connectivity index (χ0n) is 12.3. The van der Waals surface area contributed by atoms with Gasteiger partial charge in [0.15, 0.2) is 0 Å². The van der Waals surface area contributed by atoms with Crippen LogP contribution < -0.4 is 11.1 Å². The summed E-state index contributed by atoms with van der Waals surface area (Å²) in [7, 11) is 0. The van der Waals surface area contributed by atoms with Crippen molar-refractivity contribution < 1.29 is 4.79 Å². The Bertz CT molecular complexity index is 630. The van der Waals surface area contributed by atoms with Crippen molar-refractivity contribution >= 4 is 34.4 Å². The molecule has 112 valence electrons. The normalized spacial score (nSPS) is 11.0. The first-order valence-corrected chi connectivity index (χ1v) is 8.07. The summed E-state index contributed by atoms with van der Waals surface area (Å²) in [5, 5.41) is 3.75. The van der Waals surface area contributed by atoms with Gasteiger partial charge < -0.3 is 11.1 Å². The van der Waals surface area contributed by atoms with Gasteiger partial charge in [-0.2, -0.15) is 0 Å². The number of para-hydroxylation sites is 1. The summed E-state index contributed by atoms with van der Waals surface area (Å²) < 4.78 is 0. The summed E-state index contributed by atoms with van der Waals surface area (Å²) in [5.41, 5.74) is 6.77. The molecular formula is C15H20N4OS. The third kappa shape index (κ3) is 4.60. The lowest BCUT2D eigenvalue weighted by Crippen LogP contribution is -2.28. The predicted octanol–water partition coefficient (Wildman–Crippen LogP) is 2.22. The second-order valence-corrected chi connectivity index (χ2v) is 6.22. The van der Waals surface area contributed by atoms with Crippen LogP contribution in [0.1, 0.15) is 19.7 Å². The molecule has 1 aromatic carbocycles. The number of anilines is 1. The van der Waals surface area contributed by atoms with E-state index >= 15 is 0 Å². The van der Waals surface area contributed by atoms with E-state index in [0.717, 1.165) is 10.9 Å². The second kappa shape index (κ2) is 7.26. The summed E-state index contributed by atoms with van der Waals surface area (Å²) in [5.74, 6) is 2.63. The maximum absolute atomic E-state index is 11.6. The van der Waals surface area contributed by atoms with Gasteiger partial charge in [-0.25, -0.2) is 9.97 Å². The predicted molar refractivity (Wildman–Crippen MR) is 88.0 cm³/mol. The number of nitrogen functional groups attached to an aromatic ring is 1. The van der Waals surface area contributed by atoms with Crippen LogP contribution in [0.25, 0.3) is 10.9 Å². The number of benzene rings is 1. The van der Waals surface area contributed by atoms with Crippen molar-refractivity contribution in [1.82, 2.24) is 15.3 Å². The van der Waals surface area contributed by atoms with Crippen molar-refractivity contribution in [2.75, 3.05) is 18.0 Å². The van der Waals surface area contributed by atoms with Crippen LogP contribution in [0.3, 0.4) is 0 Å². The van der Waals surface area contributed by atoms with Gasteiger partial charge in [-0.3, -0.25) is 4.79 Å². The molecule has 0 bridgehead atoms. The van der Waals surface area contributed by atoms with Crippen molar-refractivity contribution in [3.63, 3.8) is 0 Å². The number of thioether (sulfide) groups is 1. The van der Waals surface area contributed by atoms with Gasteiger partial charge >= 0.3 is 0 Å². The molecule has 0 aliphatic heterocycles. The van der Waals surface area contributed by atoms with E-state index in [2.05, 4.69) is 29.1 Å². The number of carbonyl (C=O) groups is 1. The molecule has 6 heteroatoms. The maximum Gasteiger partial charge on any atom is 0.230 e. The minimum Gasteiger partial charge on any atom is -0.383 e. The molecule has 0 saturated heterocycles. The van der Waals surface area contributed by atoms with E-state index < -0.39 is 0 Å². The Hall–Kier alpha value is -1.82. The average molecular weight is 304 g/mol. The number of amides is 1. The Balaban J connectivity index is 1.90. The summed E-state index contributed by atoms with van der Waals surface area (Å²) in [6.07, 6.45) is 0. The standard InChI is InChI=1S/C15H20N4OS/c1-10(2)7-17-14(20)9-21-8-13-18-12-6-4-3-5-11(12)15(16)19-13/h3-6,10H,7-9H2,1-2H3,(H,17,20)(H2,16,18,19). The van der Waals surface area contributed by atoms with Crippen LogP contribution >= 0.6 is 11.8 Å². The van der Waals surface area contributed by atoms with Gasteiger partial charge in [0.05, 0.1) is 17.0 Å². The van der Waals surface area contributed by atoms with Crippen molar-refractivity contribution in [1.29, 1.82) is 0 Å². The van der Waals surface area contributed by atoms with E-state index in [0.29, 0.717) is 35.6 Å². The first-order valence-electron chi connectivity index (χ1n) is 6.92. The van der Waals surface area contributed by atoms with Gasteiger partial charge in [-0.1, -0.05) is 26.0 Å². The van der Waals surface area contributed by atoms with E-state index in [1.54, 1.807) is 0 Å². The molecule has 0 aliphatic rings. The maximum atomic E-state index is 11.6. The Morgan fingerprint density at radius 3 is 2.86 bits per heavy atom. The molecule has 0 radical (unpaired) electrons. The second-order valence-electron chi connectivity index (χ2n) is 5.23. The van der Waals surface area contributed by atoms with Crippen LogP contribution in [-0.4, -0.2) is 28.2 Å². The van der Waals surface area contributed by atoms with Crippen LogP contribution in [-0.2, 0) is 10.5 Å². The lowest BCUT2D eigenvalue weighted by atomic mass is 10.2. The lowest BCUT2D eigenvalue weighted by molar-refractivity contribution is -0.118. The van der Waals surface area contributed by atoms with Gasteiger partial charge in [-0.15, -0.1) is 11.8 Å². The summed E-state index contributed by atoms with van der Waals surface area (Å²) in [4.78, 5) is 20.4. The molecule has 0 saturated carbocycles. The molecule has 1 amide bonds. The molecule has 1 aromatic heterocycles. The fraction of sp³-hybridized carbons (Fsp3) is 0.400. The quantitative estimate of drug-likeness (QED) is 0.855. The number of hydrogen-bond donors (Lipinski definition) is 2. The van der Waals surface area contributed by atoms with E-state index in [4.69, 9.17) is 5.73 Å². The SMILES string of the molecule is CC(C)CNC(=O)CSCc1nc(N)c2ccccc2n1. The molecule has 2 aromatic rings. The van der Waals surface area contributed by atoms with Crippen LogP contribution in [0.4, 0.5) is 5.82 Å². The number of nitrogens with two attached hydrogens (primary N) is 1. The van der Waals surface area contributed by atoms with Gasteiger partial charge in [0.2, 0.25) is 5.91 Å². The van der Waals surface area contributed by atoms with E-state index in [-0.39, 0.29) is 5.91 Å². The van der Waals surface area contributed by atoms with Crippen LogP contribution in [0.5, 0.6) is 0 Å². The number of carbonyl (C=O) groups excluding carboxylic acids is 1. The zero-order valence-corrected chi connectivity index (χ0v) is 13.1. The Labute approximate surface area is 128 Å². The Morgan fingerprint density at radius 2 is 2.10 bits per heavy atom. The summed E-state index contributed by atoms with van der Waals surface area (Å²) in [6.45, 7) is 4.84. The number of aromatic nitrogens is 2. The molecule has 0 atom stereocenters. The highest BCUT2D eigenvalue weighted by Crippen LogP contribution is 2.19. The first-order chi connectivity index (χ1) is 10.1. The minimum absolute atomic E-state index is 0.0439. The first kappa shape index (κ1) is 15.6. The number of fused-ring (bicyclic) bond motifs is 1. The third-order valence-corrected chi connectivity index (χ3v) is 3.78. The van der Waals surface area contributed by atoms with Crippen molar-refractivity contribution in [2.24, 2.45) is 5.92 Å². The van der Waals surface area contributed by atoms with Crippen molar-refractivity contribution in [3.8, 4) is 0 Å². The molecule has 2 rings (SSSR count). The molecule has 3 N–H and O–H groups in total. The highest BCUT2D eigenvalue weighted by Gasteiger charge is 2.07. The van der Waals surface area contributed by atoms with Gasteiger partial charge in [0, 0.05) is 11.9 Å². The monoisotopic (exact) mass is 304 g/mol. The topological polar surface area (TPSA) is 80.9 Å². The number of rotatable bonds is 6. The molecule has 0 spiro atoms. The van der Waals surface area contributed by atoms with Crippen molar-refractivity contribution in [3.05, 3.63) is 30.1 Å². The summed E-state index contributed by atoms with van der Waals surface area (Å²) in [6, 6.07) is 7.65. The van der Waals surface area contributed by atoms with Gasteiger partial charge in [0.1, 0.15) is 11.6 Å². The molecular weight excluding hydrogens is 284 g/mol. The molecule has 1 heterocycles. The molecule has 21 heavy (non-hydrogen) atoms. The Morgan fingerprint density at radius 1 is 1.33 bits per heavy atom. The lowest BCUT2D eigenvalue weighted by Gasteiger charge is -2.07. The van der Waals surface area contributed by atoms with Gasteiger partial charge in [0.25, 0.3) is 0 Å². The van der Waals surface area contributed by atoms with Crippen LogP contribution in [0, 0.1) is 5.92 Å². The fourth-order valence-corrected chi connectivity index (χ4v) is 2.52. The fourth-order valence-electron chi connectivity index (χ4n) is 1.82. The van der Waals surface area contributed by atoms with Crippen LogP contribution in [0.2, 0.25) is 0 Å².